The van der Waals surface area contributed by atoms with Crippen LogP contribution in [0.4, 0.5) is 0 Å². The van der Waals surface area contributed by atoms with Gasteiger partial charge in [0.05, 0.1) is 13.2 Å². The monoisotopic (exact) mass is 218 g/mol. The molecule has 0 bridgehead atoms. The molecular weight excluding hydrogens is 204 g/mol. The maximum atomic E-state index is 11.3. The highest BCUT2D eigenvalue weighted by atomic mass is 16.5. The maximum Gasteiger partial charge on any atom is 0.221 e. The zero-order valence-electron chi connectivity index (χ0n) is 9.36. The van der Waals surface area contributed by atoms with Crippen LogP contribution in [0.15, 0.2) is 24.3 Å². The number of hydrogen-bond acceptors (Lipinski definition) is 3. The van der Waals surface area contributed by atoms with Gasteiger partial charge < -0.3 is 10.1 Å². The Balaban J connectivity index is 2.95. The number of carbonyl (C=O) groups is 1. The van der Waals surface area contributed by atoms with Crippen LogP contribution in [-0.4, -0.2) is 13.0 Å². The predicted octanol–water partition coefficient (Wildman–Crippen LogP) is 1.79. The number of methoxy groups -OCH3 is 1. The summed E-state index contributed by atoms with van der Waals surface area (Å²) in [7, 11) is 1.54. The first-order valence-corrected chi connectivity index (χ1v) is 5.04. The molecular formula is C12H14N2O2. The molecule has 1 N–H and O–H groups in total. The van der Waals surface area contributed by atoms with Crippen LogP contribution in [-0.2, 0) is 4.79 Å². The van der Waals surface area contributed by atoms with Crippen molar-refractivity contribution >= 4 is 5.91 Å². The number of para-hydroxylation sites is 1. The Morgan fingerprint density at radius 2 is 2.25 bits per heavy atom. The van der Waals surface area contributed by atoms with E-state index in [2.05, 4.69) is 5.32 Å². The zero-order chi connectivity index (χ0) is 12.0. The molecule has 0 saturated heterocycles. The zero-order valence-corrected chi connectivity index (χ0v) is 9.36. The van der Waals surface area contributed by atoms with Gasteiger partial charge in [-0.2, -0.15) is 5.26 Å². The van der Waals surface area contributed by atoms with Crippen LogP contribution in [0.2, 0.25) is 0 Å². The van der Waals surface area contributed by atoms with E-state index in [4.69, 9.17) is 10.00 Å². The third-order valence-corrected chi connectivity index (χ3v) is 2.21. The van der Waals surface area contributed by atoms with Gasteiger partial charge in [-0.05, 0) is 6.07 Å². The molecule has 1 unspecified atom stereocenters. The first kappa shape index (κ1) is 12.1. The molecule has 0 radical (unpaired) electrons. The Morgan fingerprint density at radius 1 is 1.56 bits per heavy atom. The smallest absolute Gasteiger partial charge is 0.221 e. The highest BCUT2D eigenvalue weighted by Gasteiger charge is 2.16. The number of benzene rings is 1. The van der Waals surface area contributed by atoms with E-state index in [1.807, 2.05) is 12.1 Å². The summed E-state index contributed by atoms with van der Waals surface area (Å²) in [5, 5.41) is 11.7. The van der Waals surface area contributed by atoms with Crippen LogP contribution in [0, 0.1) is 11.3 Å². The lowest BCUT2D eigenvalue weighted by Gasteiger charge is -2.14. The van der Waals surface area contributed by atoms with E-state index in [1.165, 1.54) is 7.11 Å². The van der Waals surface area contributed by atoms with Crippen molar-refractivity contribution in [1.29, 1.82) is 5.26 Å². The predicted molar refractivity (Wildman–Crippen MR) is 59.8 cm³/mol. The lowest BCUT2D eigenvalue weighted by molar-refractivity contribution is -0.121. The van der Waals surface area contributed by atoms with E-state index in [1.54, 1.807) is 25.1 Å². The highest BCUT2D eigenvalue weighted by molar-refractivity contribution is 5.76. The summed E-state index contributed by atoms with van der Waals surface area (Å²) >= 11 is 0. The van der Waals surface area contributed by atoms with E-state index in [0.29, 0.717) is 17.7 Å². The Kier molecular flexibility index (Phi) is 4.34. The van der Waals surface area contributed by atoms with Crippen LogP contribution >= 0.6 is 0 Å². The van der Waals surface area contributed by atoms with Crippen molar-refractivity contribution in [3.05, 3.63) is 29.8 Å². The van der Waals surface area contributed by atoms with E-state index in [0.717, 1.165) is 0 Å². The van der Waals surface area contributed by atoms with Crippen LogP contribution in [0.5, 0.6) is 5.75 Å². The maximum absolute atomic E-state index is 11.3. The lowest BCUT2D eigenvalue weighted by atomic mass is 10.1. The first-order chi connectivity index (χ1) is 7.72. The summed E-state index contributed by atoms with van der Waals surface area (Å²) in [5.74, 6) is 0.447. The minimum atomic E-state index is -0.663. The lowest BCUT2D eigenvalue weighted by Crippen LogP contribution is -2.26. The molecule has 0 aromatic heterocycles. The van der Waals surface area contributed by atoms with Crippen LogP contribution in [0.25, 0.3) is 0 Å². The molecule has 1 aromatic rings. The number of nitrogens with zero attached hydrogens (tertiary/aromatic N) is 1. The molecule has 0 saturated carbocycles. The summed E-state index contributed by atoms with van der Waals surface area (Å²) in [4.78, 5) is 11.3. The largest absolute Gasteiger partial charge is 0.496 e. The van der Waals surface area contributed by atoms with Crippen molar-refractivity contribution in [3.63, 3.8) is 0 Å². The Hall–Kier alpha value is -2.02. The third-order valence-electron chi connectivity index (χ3n) is 2.21. The molecule has 0 fully saturated rings. The standard InChI is InChI=1S/C12H14N2O2/c1-3-12(15)14-10(8-13)9-6-4-5-7-11(9)16-2/h4-7,10H,3H2,1-2H3,(H,14,15). The normalized spacial score (nSPS) is 11.3. The van der Waals surface area contributed by atoms with Crippen LogP contribution < -0.4 is 10.1 Å². The van der Waals surface area contributed by atoms with Gasteiger partial charge in [-0.1, -0.05) is 25.1 Å². The molecule has 1 aromatic carbocycles. The van der Waals surface area contributed by atoms with Crippen LogP contribution in [0.3, 0.4) is 0 Å². The summed E-state index contributed by atoms with van der Waals surface area (Å²) in [5.41, 5.74) is 0.675. The van der Waals surface area contributed by atoms with Gasteiger partial charge in [-0.25, -0.2) is 0 Å². The average molecular weight is 218 g/mol. The van der Waals surface area contributed by atoms with Gasteiger partial charge in [0.25, 0.3) is 0 Å². The number of nitrogens with one attached hydrogen (secondary N) is 1. The molecule has 84 valence electrons. The van der Waals surface area contributed by atoms with Crippen molar-refractivity contribution in [2.45, 2.75) is 19.4 Å². The molecule has 0 aliphatic heterocycles. The SMILES string of the molecule is CCC(=O)NC(C#N)c1ccccc1OC. The molecule has 0 aliphatic carbocycles. The van der Waals surface area contributed by atoms with Gasteiger partial charge in [0.2, 0.25) is 5.91 Å². The minimum absolute atomic E-state index is 0.155. The molecule has 0 aliphatic rings. The van der Waals surface area contributed by atoms with Crippen LogP contribution in [0.1, 0.15) is 24.9 Å². The van der Waals surface area contributed by atoms with Gasteiger partial charge in [-0.15, -0.1) is 0 Å². The summed E-state index contributed by atoms with van der Waals surface area (Å²) in [6.07, 6.45) is 0.354. The molecule has 0 spiro atoms. The summed E-state index contributed by atoms with van der Waals surface area (Å²) in [6.45, 7) is 1.74. The number of ether oxygens (including phenoxy) is 1. The van der Waals surface area contributed by atoms with Gasteiger partial charge in [0.1, 0.15) is 11.8 Å². The molecule has 4 heteroatoms. The Labute approximate surface area is 94.8 Å². The Morgan fingerprint density at radius 3 is 2.81 bits per heavy atom. The summed E-state index contributed by atoms with van der Waals surface area (Å²) in [6, 6.07) is 8.53. The number of nitriles is 1. The van der Waals surface area contributed by atoms with Crippen molar-refractivity contribution in [2.75, 3.05) is 7.11 Å². The number of hydrogen-bond donors (Lipinski definition) is 1. The van der Waals surface area contributed by atoms with Crippen molar-refractivity contribution in [2.24, 2.45) is 0 Å². The fourth-order valence-electron chi connectivity index (χ4n) is 1.35. The second kappa shape index (κ2) is 5.76. The van der Waals surface area contributed by atoms with Crippen molar-refractivity contribution < 1.29 is 9.53 Å². The first-order valence-electron chi connectivity index (χ1n) is 5.04. The third kappa shape index (κ3) is 2.74. The van der Waals surface area contributed by atoms with E-state index < -0.39 is 6.04 Å². The topological polar surface area (TPSA) is 62.1 Å². The average Bonchev–Trinajstić information content (AvgIpc) is 2.35. The van der Waals surface area contributed by atoms with E-state index >= 15 is 0 Å². The van der Waals surface area contributed by atoms with Crippen molar-refractivity contribution in [1.82, 2.24) is 5.32 Å². The molecule has 16 heavy (non-hydrogen) atoms. The van der Waals surface area contributed by atoms with E-state index in [9.17, 15) is 4.79 Å². The molecule has 1 rings (SSSR count). The fourth-order valence-corrected chi connectivity index (χ4v) is 1.35. The number of carbonyl (C=O) groups excluding carboxylic acids is 1. The van der Waals surface area contributed by atoms with Gasteiger partial charge in [0, 0.05) is 12.0 Å². The highest BCUT2D eigenvalue weighted by Crippen LogP contribution is 2.24. The Bertz CT molecular complexity index is 410. The second-order valence-electron chi connectivity index (χ2n) is 3.23. The van der Waals surface area contributed by atoms with Gasteiger partial charge in [-0.3, -0.25) is 4.79 Å². The van der Waals surface area contributed by atoms with Crippen molar-refractivity contribution in [3.8, 4) is 11.8 Å². The number of amides is 1. The van der Waals surface area contributed by atoms with E-state index in [-0.39, 0.29) is 5.91 Å². The van der Waals surface area contributed by atoms with Gasteiger partial charge in [0.15, 0.2) is 0 Å². The molecule has 0 heterocycles. The molecule has 1 amide bonds. The fraction of sp³-hybridized carbons (Fsp3) is 0.333. The molecule has 4 nitrogen and oxygen atoms in total. The van der Waals surface area contributed by atoms with Gasteiger partial charge >= 0.3 is 0 Å². The quantitative estimate of drug-likeness (QED) is 0.838. The minimum Gasteiger partial charge on any atom is -0.496 e. The second-order valence-corrected chi connectivity index (χ2v) is 3.23. The number of rotatable bonds is 4. The molecule has 1 atom stereocenters. The summed E-state index contributed by atoms with van der Waals surface area (Å²) < 4.78 is 5.14.